The molecule has 1 fully saturated rings. The average molecular weight is 249 g/mol. The molecule has 2 nitrogen and oxygen atoms in total. The van der Waals surface area contributed by atoms with Crippen molar-refractivity contribution < 1.29 is 22.3 Å². The molecule has 1 aliphatic heterocycles. The molecule has 0 amide bonds. The average Bonchev–Trinajstić information content (AvgIpc) is 2.17. The molecule has 6 heteroatoms. The zero-order chi connectivity index (χ0) is 12.5. The lowest BCUT2D eigenvalue weighted by Gasteiger charge is -2.30. The van der Waals surface area contributed by atoms with E-state index in [2.05, 4.69) is 10.1 Å². The van der Waals surface area contributed by atoms with E-state index in [-0.39, 0.29) is 11.8 Å². The summed E-state index contributed by atoms with van der Waals surface area (Å²) in [7, 11) is 0. The van der Waals surface area contributed by atoms with Gasteiger partial charge < -0.3 is 10.1 Å². The highest BCUT2D eigenvalue weighted by Gasteiger charge is 2.44. The molecular formula is C11H11F4NO. The van der Waals surface area contributed by atoms with Crippen LogP contribution in [0.1, 0.15) is 18.0 Å². The Hall–Kier alpha value is -1.30. The Bertz CT molecular complexity index is 393. The first-order chi connectivity index (χ1) is 8.00. The second-order valence-corrected chi connectivity index (χ2v) is 3.80. The molecule has 0 aliphatic carbocycles. The lowest BCUT2D eigenvalue weighted by atomic mass is 9.97. The van der Waals surface area contributed by atoms with E-state index in [4.69, 9.17) is 0 Å². The molecule has 1 heterocycles. The maximum Gasteiger partial charge on any atom is 0.461 e. The summed E-state index contributed by atoms with van der Waals surface area (Å²) in [6.45, 7) is 0.782. The molecule has 0 saturated carbocycles. The highest BCUT2D eigenvalue weighted by Crippen LogP contribution is 2.35. The molecule has 1 atom stereocenters. The number of nitrogens with one attached hydrogen (secondary N) is 1. The molecule has 1 aromatic rings. The van der Waals surface area contributed by atoms with Crippen molar-refractivity contribution in [2.45, 2.75) is 25.0 Å². The summed E-state index contributed by atoms with van der Waals surface area (Å²) >= 11 is 0. The van der Waals surface area contributed by atoms with E-state index >= 15 is 0 Å². The summed E-state index contributed by atoms with van der Waals surface area (Å²) in [6, 6.07) is 5.89. The van der Waals surface area contributed by atoms with Gasteiger partial charge in [0, 0.05) is 11.6 Å². The third-order valence-corrected chi connectivity index (χ3v) is 2.62. The predicted octanol–water partition coefficient (Wildman–Crippen LogP) is 2.96. The maximum atomic E-state index is 12.8. The van der Waals surface area contributed by atoms with Gasteiger partial charge in [-0.1, -0.05) is 18.2 Å². The van der Waals surface area contributed by atoms with E-state index in [0.717, 1.165) is 13.0 Å². The SMILES string of the molecule is FC(F)C(F)(F)Oc1ccccc1[C@@H]1CCN1. The Kier molecular flexibility index (Phi) is 3.24. The zero-order valence-electron chi connectivity index (χ0n) is 8.80. The number of hydrogen-bond donors (Lipinski definition) is 1. The molecule has 0 bridgehead atoms. The van der Waals surface area contributed by atoms with Crippen LogP contribution >= 0.6 is 0 Å². The van der Waals surface area contributed by atoms with E-state index in [1.54, 1.807) is 12.1 Å². The van der Waals surface area contributed by atoms with Gasteiger partial charge in [0.1, 0.15) is 5.75 Å². The third kappa shape index (κ3) is 2.52. The van der Waals surface area contributed by atoms with E-state index in [1.165, 1.54) is 12.1 Å². The second kappa shape index (κ2) is 4.52. The van der Waals surface area contributed by atoms with Crippen molar-refractivity contribution in [3.8, 4) is 5.75 Å². The molecule has 1 aliphatic rings. The maximum absolute atomic E-state index is 12.8. The minimum atomic E-state index is -4.46. The molecule has 0 aromatic heterocycles. The Morgan fingerprint density at radius 3 is 2.47 bits per heavy atom. The van der Waals surface area contributed by atoms with Crippen molar-refractivity contribution in [1.29, 1.82) is 0 Å². The fraction of sp³-hybridized carbons (Fsp3) is 0.455. The summed E-state index contributed by atoms with van der Waals surface area (Å²) in [5.74, 6) is -0.199. The van der Waals surface area contributed by atoms with Crippen LogP contribution < -0.4 is 10.1 Å². The van der Waals surface area contributed by atoms with E-state index in [0.29, 0.717) is 5.56 Å². The molecule has 1 saturated heterocycles. The number of rotatable bonds is 4. The smallest absolute Gasteiger partial charge is 0.428 e. The third-order valence-electron chi connectivity index (χ3n) is 2.62. The summed E-state index contributed by atoms with van der Waals surface area (Å²) in [6.07, 6.45) is -7.52. The molecule has 1 aromatic carbocycles. The van der Waals surface area contributed by atoms with Crippen LogP contribution in [-0.2, 0) is 0 Å². The molecule has 0 unspecified atom stereocenters. The zero-order valence-corrected chi connectivity index (χ0v) is 8.80. The van der Waals surface area contributed by atoms with Gasteiger partial charge in [-0.05, 0) is 19.0 Å². The van der Waals surface area contributed by atoms with E-state index < -0.39 is 12.5 Å². The van der Waals surface area contributed by atoms with Crippen LogP contribution in [0, 0.1) is 0 Å². The monoisotopic (exact) mass is 249 g/mol. The number of halogens is 4. The Morgan fingerprint density at radius 2 is 1.94 bits per heavy atom. The number of hydrogen-bond acceptors (Lipinski definition) is 2. The first-order valence-corrected chi connectivity index (χ1v) is 5.18. The number of alkyl halides is 4. The Balaban J connectivity index is 2.20. The highest BCUT2D eigenvalue weighted by molar-refractivity contribution is 5.37. The van der Waals surface area contributed by atoms with Crippen LogP contribution in [0.15, 0.2) is 24.3 Å². The number of para-hydroxylation sites is 1. The highest BCUT2D eigenvalue weighted by atomic mass is 19.3. The van der Waals surface area contributed by atoms with Gasteiger partial charge >= 0.3 is 12.5 Å². The molecular weight excluding hydrogens is 238 g/mol. The molecule has 17 heavy (non-hydrogen) atoms. The van der Waals surface area contributed by atoms with Crippen LogP contribution in [0.4, 0.5) is 17.6 Å². The lowest BCUT2D eigenvalue weighted by Crippen LogP contribution is -2.37. The quantitative estimate of drug-likeness (QED) is 0.828. The van der Waals surface area contributed by atoms with Crippen molar-refractivity contribution in [3.05, 3.63) is 29.8 Å². The van der Waals surface area contributed by atoms with Crippen molar-refractivity contribution >= 4 is 0 Å². The lowest BCUT2D eigenvalue weighted by molar-refractivity contribution is -0.253. The van der Waals surface area contributed by atoms with Gasteiger partial charge in [-0.25, -0.2) is 0 Å². The number of ether oxygens (including phenoxy) is 1. The molecule has 0 radical (unpaired) electrons. The van der Waals surface area contributed by atoms with Gasteiger partial charge in [0.2, 0.25) is 0 Å². The summed E-state index contributed by atoms with van der Waals surface area (Å²) in [4.78, 5) is 0. The minimum Gasteiger partial charge on any atom is -0.428 e. The first kappa shape index (κ1) is 12.2. The normalized spacial score (nSPS) is 20.2. The fourth-order valence-electron chi connectivity index (χ4n) is 1.61. The Labute approximate surface area is 95.6 Å². The van der Waals surface area contributed by atoms with Gasteiger partial charge in [0.05, 0.1) is 0 Å². The van der Waals surface area contributed by atoms with Gasteiger partial charge in [-0.15, -0.1) is 0 Å². The molecule has 0 spiro atoms. The van der Waals surface area contributed by atoms with Crippen molar-refractivity contribution in [3.63, 3.8) is 0 Å². The van der Waals surface area contributed by atoms with Gasteiger partial charge in [-0.2, -0.15) is 17.6 Å². The molecule has 2 rings (SSSR count). The second-order valence-electron chi connectivity index (χ2n) is 3.80. The minimum absolute atomic E-state index is 0.0975. The van der Waals surface area contributed by atoms with Crippen molar-refractivity contribution in [2.24, 2.45) is 0 Å². The standard InChI is InChI=1S/C11H11F4NO/c12-10(13)11(14,15)17-9-4-2-1-3-7(9)8-5-6-16-8/h1-4,8,10,16H,5-6H2/t8-/m0/s1. The van der Waals surface area contributed by atoms with E-state index in [9.17, 15) is 17.6 Å². The van der Waals surface area contributed by atoms with Gasteiger partial charge in [-0.3, -0.25) is 0 Å². The Morgan fingerprint density at radius 1 is 1.29 bits per heavy atom. The first-order valence-electron chi connectivity index (χ1n) is 5.18. The van der Waals surface area contributed by atoms with Crippen molar-refractivity contribution in [2.75, 3.05) is 6.54 Å². The summed E-state index contributed by atoms with van der Waals surface area (Å²) in [5.41, 5.74) is 0.485. The number of benzene rings is 1. The predicted molar refractivity (Wildman–Crippen MR) is 53.4 cm³/mol. The van der Waals surface area contributed by atoms with Crippen LogP contribution in [0.25, 0.3) is 0 Å². The van der Waals surface area contributed by atoms with E-state index in [1.807, 2.05) is 0 Å². The summed E-state index contributed by atoms with van der Waals surface area (Å²) < 4.78 is 53.8. The van der Waals surface area contributed by atoms with Crippen molar-refractivity contribution in [1.82, 2.24) is 5.32 Å². The van der Waals surface area contributed by atoms with Crippen LogP contribution in [0.5, 0.6) is 5.75 Å². The van der Waals surface area contributed by atoms with Gasteiger partial charge in [0.25, 0.3) is 0 Å². The van der Waals surface area contributed by atoms with Crippen LogP contribution in [0.3, 0.4) is 0 Å². The summed E-state index contributed by atoms with van der Waals surface area (Å²) in [5, 5.41) is 3.00. The van der Waals surface area contributed by atoms with Crippen LogP contribution in [0.2, 0.25) is 0 Å². The topological polar surface area (TPSA) is 21.3 Å². The van der Waals surface area contributed by atoms with Gasteiger partial charge in [0.15, 0.2) is 0 Å². The molecule has 1 N–H and O–H groups in total. The van der Waals surface area contributed by atoms with Crippen LogP contribution in [-0.4, -0.2) is 19.1 Å². The fourth-order valence-corrected chi connectivity index (χ4v) is 1.61. The molecule has 94 valence electrons. The largest absolute Gasteiger partial charge is 0.461 e.